The third kappa shape index (κ3) is 3.26. The molecule has 0 radical (unpaired) electrons. The summed E-state index contributed by atoms with van der Waals surface area (Å²) in [6.07, 6.45) is 5.42. The van der Waals surface area contributed by atoms with Crippen molar-refractivity contribution < 1.29 is 14.3 Å². The van der Waals surface area contributed by atoms with Crippen LogP contribution < -0.4 is 5.32 Å². The van der Waals surface area contributed by atoms with Gasteiger partial charge >= 0.3 is 0 Å². The Morgan fingerprint density at radius 1 is 1.29 bits per heavy atom. The molecule has 4 heteroatoms. The zero-order chi connectivity index (χ0) is 14.9. The molecule has 0 spiro atoms. The second-order valence-corrected chi connectivity index (χ2v) is 6.47. The van der Waals surface area contributed by atoms with Crippen molar-refractivity contribution in [2.45, 2.75) is 50.0 Å². The molecule has 2 saturated carbocycles. The van der Waals surface area contributed by atoms with Crippen molar-refractivity contribution in [2.75, 3.05) is 6.54 Å². The molecule has 0 bridgehead atoms. The van der Waals surface area contributed by atoms with Gasteiger partial charge in [0.05, 0.1) is 5.60 Å². The predicted octanol–water partition coefficient (Wildman–Crippen LogP) is 2.74. The Kier molecular flexibility index (Phi) is 3.98. The van der Waals surface area contributed by atoms with Gasteiger partial charge in [0.1, 0.15) is 5.82 Å². The second kappa shape index (κ2) is 5.76. The Labute approximate surface area is 124 Å². The van der Waals surface area contributed by atoms with Crippen molar-refractivity contribution in [2.24, 2.45) is 5.92 Å². The predicted molar refractivity (Wildman–Crippen MR) is 78.3 cm³/mol. The molecule has 2 atom stereocenters. The molecule has 0 saturated heterocycles. The van der Waals surface area contributed by atoms with Crippen LogP contribution in [0.1, 0.15) is 50.0 Å². The van der Waals surface area contributed by atoms with Crippen LogP contribution in [0.25, 0.3) is 0 Å². The van der Waals surface area contributed by atoms with Crippen molar-refractivity contribution in [1.29, 1.82) is 0 Å². The van der Waals surface area contributed by atoms with E-state index in [-0.39, 0.29) is 23.6 Å². The normalized spacial score (nSPS) is 27.1. The van der Waals surface area contributed by atoms with E-state index in [4.69, 9.17) is 0 Å². The lowest BCUT2D eigenvalue weighted by molar-refractivity contribution is -0.124. The van der Waals surface area contributed by atoms with E-state index in [0.29, 0.717) is 18.5 Å². The summed E-state index contributed by atoms with van der Waals surface area (Å²) in [6.45, 7) is 0.326. The first-order valence-corrected chi connectivity index (χ1v) is 7.84. The van der Waals surface area contributed by atoms with Gasteiger partial charge in [-0.05, 0) is 36.8 Å². The van der Waals surface area contributed by atoms with Crippen LogP contribution in [0.15, 0.2) is 24.3 Å². The third-order valence-corrected chi connectivity index (χ3v) is 4.81. The fourth-order valence-corrected chi connectivity index (χ4v) is 3.37. The Balaban J connectivity index is 1.53. The number of benzene rings is 1. The number of hydrogen-bond acceptors (Lipinski definition) is 2. The maximum absolute atomic E-state index is 13.7. The van der Waals surface area contributed by atoms with Crippen molar-refractivity contribution in [3.63, 3.8) is 0 Å². The summed E-state index contributed by atoms with van der Waals surface area (Å²) in [5, 5.41) is 13.2. The summed E-state index contributed by atoms with van der Waals surface area (Å²) in [7, 11) is 0. The highest BCUT2D eigenvalue weighted by molar-refractivity contribution is 5.83. The van der Waals surface area contributed by atoms with Crippen molar-refractivity contribution in [3.8, 4) is 0 Å². The van der Waals surface area contributed by atoms with Gasteiger partial charge in [-0.1, -0.05) is 37.5 Å². The highest BCUT2D eigenvalue weighted by atomic mass is 19.1. The zero-order valence-electron chi connectivity index (χ0n) is 12.1. The van der Waals surface area contributed by atoms with Gasteiger partial charge in [0.25, 0.3) is 0 Å². The maximum Gasteiger partial charge on any atom is 0.223 e. The van der Waals surface area contributed by atoms with Gasteiger partial charge in [0, 0.05) is 12.5 Å². The average molecular weight is 291 g/mol. The molecule has 2 unspecified atom stereocenters. The highest BCUT2D eigenvalue weighted by Crippen LogP contribution is 2.48. The topological polar surface area (TPSA) is 49.3 Å². The van der Waals surface area contributed by atoms with Crippen LogP contribution >= 0.6 is 0 Å². The standard InChI is InChI=1S/C17H22FNO2/c18-15-7-3-2-6-12(15)13-10-14(13)16(20)19-11-17(21)8-4-1-5-9-17/h2-3,6-7,13-14,21H,1,4-5,8-11H2,(H,19,20). The molecule has 2 N–H and O–H groups in total. The molecule has 21 heavy (non-hydrogen) atoms. The molecule has 3 rings (SSSR count). The zero-order valence-corrected chi connectivity index (χ0v) is 12.1. The molecular weight excluding hydrogens is 269 g/mol. The molecule has 1 aromatic carbocycles. The largest absolute Gasteiger partial charge is 0.388 e. The molecule has 0 aliphatic heterocycles. The van der Waals surface area contributed by atoms with Crippen molar-refractivity contribution >= 4 is 5.91 Å². The summed E-state index contributed by atoms with van der Waals surface area (Å²) in [5.74, 6) is -0.438. The van der Waals surface area contributed by atoms with Crippen LogP contribution in [0.5, 0.6) is 0 Å². The first-order chi connectivity index (χ1) is 10.1. The van der Waals surface area contributed by atoms with Crippen LogP contribution in [-0.4, -0.2) is 23.2 Å². The van der Waals surface area contributed by atoms with Crippen molar-refractivity contribution in [3.05, 3.63) is 35.6 Å². The summed E-state index contributed by atoms with van der Waals surface area (Å²) in [6, 6.07) is 6.65. The Hall–Kier alpha value is -1.42. The smallest absolute Gasteiger partial charge is 0.223 e. The number of carbonyl (C=O) groups is 1. The van der Waals surface area contributed by atoms with Gasteiger partial charge in [-0.3, -0.25) is 4.79 Å². The van der Waals surface area contributed by atoms with E-state index in [1.807, 2.05) is 0 Å². The van der Waals surface area contributed by atoms with E-state index in [1.165, 1.54) is 6.07 Å². The molecule has 1 aromatic rings. The first kappa shape index (κ1) is 14.5. The quantitative estimate of drug-likeness (QED) is 0.896. The number of rotatable bonds is 4. The molecule has 3 nitrogen and oxygen atoms in total. The second-order valence-electron chi connectivity index (χ2n) is 6.47. The number of amides is 1. The number of halogens is 1. The number of carbonyl (C=O) groups excluding carboxylic acids is 1. The van der Waals surface area contributed by atoms with Gasteiger partial charge in [0.15, 0.2) is 0 Å². The van der Waals surface area contributed by atoms with Gasteiger partial charge in [0.2, 0.25) is 5.91 Å². The van der Waals surface area contributed by atoms with Crippen LogP contribution in [0, 0.1) is 11.7 Å². The van der Waals surface area contributed by atoms with Gasteiger partial charge < -0.3 is 10.4 Å². The summed E-state index contributed by atoms with van der Waals surface area (Å²) >= 11 is 0. The molecule has 0 aromatic heterocycles. The number of nitrogens with one attached hydrogen (secondary N) is 1. The lowest BCUT2D eigenvalue weighted by Gasteiger charge is -2.32. The number of hydrogen-bond donors (Lipinski definition) is 2. The van der Waals surface area contributed by atoms with E-state index in [2.05, 4.69) is 5.32 Å². The van der Waals surface area contributed by atoms with Gasteiger partial charge in [-0.15, -0.1) is 0 Å². The lowest BCUT2D eigenvalue weighted by atomic mass is 9.85. The third-order valence-electron chi connectivity index (χ3n) is 4.81. The Morgan fingerprint density at radius 3 is 2.71 bits per heavy atom. The van der Waals surface area contributed by atoms with Crippen LogP contribution in [-0.2, 0) is 4.79 Å². The minimum absolute atomic E-state index is 0.00722. The molecule has 0 heterocycles. The summed E-state index contributed by atoms with van der Waals surface area (Å²) in [5.41, 5.74) is -0.106. The van der Waals surface area contributed by atoms with E-state index in [0.717, 1.165) is 32.1 Å². The molecule has 2 fully saturated rings. The van der Waals surface area contributed by atoms with E-state index in [9.17, 15) is 14.3 Å². The Morgan fingerprint density at radius 2 is 2.00 bits per heavy atom. The van der Waals surface area contributed by atoms with Crippen LogP contribution in [0.4, 0.5) is 4.39 Å². The highest BCUT2D eigenvalue weighted by Gasteiger charge is 2.45. The van der Waals surface area contributed by atoms with Crippen LogP contribution in [0.3, 0.4) is 0 Å². The van der Waals surface area contributed by atoms with Crippen molar-refractivity contribution in [1.82, 2.24) is 5.32 Å². The van der Waals surface area contributed by atoms with Gasteiger partial charge in [-0.25, -0.2) is 4.39 Å². The number of aliphatic hydroxyl groups is 1. The SMILES string of the molecule is O=C(NCC1(O)CCCCC1)C1CC1c1ccccc1F. The summed E-state index contributed by atoms with van der Waals surface area (Å²) < 4.78 is 13.7. The minimum Gasteiger partial charge on any atom is -0.388 e. The average Bonchev–Trinajstić information content (AvgIpc) is 3.27. The molecule has 114 valence electrons. The molecule has 1 amide bonds. The molecular formula is C17H22FNO2. The monoisotopic (exact) mass is 291 g/mol. The maximum atomic E-state index is 13.7. The Bertz CT molecular complexity index is 525. The fraction of sp³-hybridized carbons (Fsp3) is 0.588. The lowest BCUT2D eigenvalue weighted by Crippen LogP contribution is -2.44. The molecule has 2 aliphatic rings. The first-order valence-electron chi connectivity index (χ1n) is 7.84. The van der Waals surface area contributed by atoms with Gasteiger partial charge in [-0.2, -0.15) is 0 Å². The fourth-order valence-electron chi connectivity index (χ4n) is 3.37. The molecule has 2 aliphatic carbocycles. The minimum atomic E-state index is -0.740. The summed E-state index contributed by atoms with van der Waals surface area (Å²) in [4.78, 5) is 12.1. The van der Waals surface area contributed by atoms with Crippen LogP contribution in [0.2, 0.25) is 0 Å². The van der Waals surface area contributed by atoms with E-state index >= 15 is 0 Å². The van der Waals surface area contributed by atoms with E-state index < -0.39 is 5.60 Å². The van der Waals surface area contributed by atoms with E-state index in [1.54, 1.807) is 18.2 Å².